The van der Waals surface area contributed by atoms with E-state index in [0.717, 1.165) is 41.1 Å². The molecule has 0 aliphatic carbocycles. The zero-order valence-electron chi connectivity index (χ0n) is 17.8. The molecule has 1 heterocycles. The van der Waals surface area contributed by atoms with Crippen LogP contribution in [0.25, 0.3) is 22.2 Å². The zero-order chi connectivity index (χ0) is 22.2. The van der Waals surface area contributed by atoms with Crippen molar-refractivity contribution in [2.45, 2.75) is 39.2 Å². The van der Waals surface area contributed by atoms with E-state index in [1.165, 1.54) is 13.1 Å². The fourth-order valence-electron chi connectivity index (χ4n) is 3.35. The largest absolute Gasteiger partial charge is 0.493 e. The van der Waals surface area contributed by atoms with E-state index in [9.17, 15) is 9.18 Å². The summed E-state index contributed by atoms with van der Waals surface area (Å²) in [5, 5.41) is 7.94. The third kappa shape index (κ3) is 5.97. The van der Waals surface area contributed by atoms with E-state index >= 15 is 0 Å². The van der Waals surface area contributed by atoms with Gasteiger partial charge in [-0.25, -0.2) is 9.18 Å². The van der Waals surface area contributed by atoms with Gasteiger partial charge in [-0.2, -0.15) is 5.10 Å². The lowest BCUT2D eigenvalue weighted by atomic mass is 10.1. The lowest BCUT2D eigenvalue weighted by Gasteiger charge is -2.08. The average molecular weight is 492 g/mol. The van der Waals surface area contributed by atoms with Gasteiger partial charge in [0, 0.05) is 35.1 Å². The maximum absolute atomic E-state index is 14.9. The Hall–Kier alpha value is -2.61. The van der Waals surface area contributed by atoms with Crippen LogP contribution in [0.15, 0.2) is 40.9 Å². The number of nitrogens with zero attached hydrogens (tertiary/aromatic N) is 2. The van der Waals surface area contributed by atoms with E-state index in [0.29, 0.717) is 36.8 Å². The highest BCUT2D eigenvalue weighted by atomic mass is 79.9. The molecule has 166 valence electrons. The van der Waals surface area contributed by atoms with Gasteiger partial charge in [-0.05, 0) is 62.9 Å². The first-order valence-electron chi connectivity index (χ1n) is 10.5. The zero-order valence-corrected chi connectivity index (χ0v) is 19.4. The lowest BCUT2D eigenvalue weighted by molar-refractivity contribution is 0.146. The van der Waals surface area contributed by atoms with Crippen molar-refractivity contribution >= 4 is 32.9 Å². The number of aryl methyl sites for hydroxylation is 1. The van der Waals surface area contributed by atoms with Crippen LogP contribution in [0.3, 0.4) is 0 Å². The molecular weight excluding hydrogens is 465 g/mol. The van der Waals surface area contributed by atoms with Gasteiger partial charge in [0.1, 0.15) is 17.3 Å². The predicted octanol–water partition coefficient (Wildman–Crippen LogP) is 5.92. The van der Waals surface area contributed by atoms with Crippen LogP contribution in [0.2, 0.25) is 0 Å². The van der Waals surface area contributed by atoms with Crippen LogP contribution < -0.4 is 10.1 Å². The van der Waals surface area contributed by atoms with Gasteiger partial charge in [0.15, 0.2) is 0 Å². The standard InChI is InChI=1S/C23H27BrFN3O3/c1-3-28-21-14-16(24)8-10-19(21)22(27-28)18-11-9-17(15-20(18)25)30-12-6-4-5-7-13-31-23(29)26-2/h8-11,14-15H,3-7,12-13H2,1-2H3,(H,26,29). The number of aromatic nitrogens is 2. The number of carbonyl (C=O) groups is 1. The van der Waals surface area contributed by atoms with E-state index in [-0.39, 0.29) is 5.82 Å². The van der Waals surface area contributed by atoms with Crippen molar-refractivity contribution in [3.8, 4) is 17.0 Å². The molecule has 0 saturated heterocycles. The normalized spacial score (nSPS) is 11.0. The monoisotopic (exact) mass is 491 g/mol. The van der Waals surface area contributed by atoms with Crippen LogP contribution in [0.1, 0.15) is 32.6 Å². The Kier molecular flexibility index (Phi) is 8.28. The van der Waals surface area contributed by atoms with Crippen molar-refractivity contribution in [3.63, 3.8) is 0 Å². The summed E-state index contributed by atoms with van der Waals surface area (Å²) in [6.07, 6.45) is 3.15. The number of amides is 1. The van der Waals surface area contributed by atoms with Gasteiger partial charge in [-0.1, -0.05) is 15.9 Å². The minimum Gasteiger partial charge on any atom is -0.493 e. The quantitative estimate of drug-likeness (QED) is 0.357. The first kappa shape index (κ1) is 23.1. The van der Waals surface area contributed by atoms with Crippen molar-refractivity contribution in [3.05, 3.63) is 46.7 Å². The van der Waals surface area contributed by atoms with Crippen LogP contribution >= 0.6 is 15.9 Å². The second-order valence-electron chi connectivity index (χ2n) is 7.12. The fraction of sp³-hybridized carbons (Fsp3) is 0.391. The number of nitrogens with one attached hydrogen (secondary N) is 1. The summed E-state index contributed by atoms with van der Waals surface area (Å²) in [5.74, 6) is 0.153. The minimum absolute atomic E-state index is 0.352. The molecule has 0 saturated carbocycles. The number of unbranched alkanes of at least 4 members (excludes halogenated alkanes) is 3. The molecule has 6 nitrogen and oxygen atoms in total. The topological polar surface area (TPSA) is 65.4 Å². The highest BCUT2D eigenvalue weighted by molar-refractivity contribution is 9.10. The molecule has 0 aliphatic heterocycles. The van der Waals surface area contributed by atoms with Crippen LogP contribution in [0, 0.1) is 5.82 Å². The first-order chi connectivity index (χ1) is 15.0. The van der Waals surface area contributed by atoms with Gasteiger partial charge in [0.05, 0.1) is 18.7 Å². The maximum Gasteiger partial charge on any atom is 0.406 e. The van der Waals surface area contributed by atoms with Crippen LogP contribution in [-0.2, 0) is 11.3 Å². The number of benzene rings is 2. The molecule has 0 radical (unpaired) electrons. The Balaban J connectivity index is 1.55. The molecule has 1 aromatic heterocycles. The molecular formula is C23H27BrFN3O3. The smallest absolute Gasteiger partial charge is 0.406 e. The molecule has 1 N–H and O–H groups in total. The molecule has 0 bridgehead atoms. The third-order valence-electron chi connectivity index (χ3n) is 4.95. The molecule has 0 fully saturated rings. The summed E-state index contributed by atoms with van der Waals surface area (Å²) >= 11 is 3.49. The number of ether oxygens (including phenoxy) is 2. The van der Waals surface area contributed by atoms with Gasteiger partial charge in [-0.3, -0.25) is 4.68 Å². The van der Waals surface area contributed by atoms with Gasteiger partial charge in [0.25, 0.3) is 0 Å². The summed E-state index contributed by atoms with van der Waals surface area (Å²) in [5.41, 5.74) is 2.06. The molecule has 3 rings (SSSR count). The Morgan fingerprint density at radius 1 is 1.13 bits per heavy atom. The van der Waals surface area contributed by atoms with Crippen molar-refractivity contribution in [1.82, 2.24) is 15.1 Å². The molecule has 31 heavy (non-hydrogen) atoms. The van der Waals surface area contributed by atoms with Crippen LogP contribution in [0.5, 0.6) is 5.75 Å². The summed E-state index contributed by atoms with van der Waals surface area (Å²) in [6, 6.07) is 10.8. The van der Waals surface area contributed by atoms with Crippen molar-refractivity contribution < 1.29 is 18.7 Å². The Labute approximate surface area is 189 Å². The Bertz CT molecular complexity index is 1040. The molecule has 8 heteroatoms. The van der Waals surface area contributed by atoms with Crippen molar-refractivity contribution in [1.29, 1.82) is 0 Å². The number of hydrogen-bond acceptors (Lipinski definition) is 4. The SMILES string of the molecule is CCn1nc(-c2ccc(OCCCCCCOC(=O)NC)cc2F)c2ccc(Br)cc21. The van der Waals surface area contributed by atoms with Crippen molar-refractivity contribution in [2.24, 2.45) is 0 Å². The van der Waals surface area contributed by atoms with E-state index < -0.39 is 6.09 Å². The molecule has 0 aliphatic rings. The van der Waals surface area contributed by atoms with Crippen LogP contribution in [-0.4, -0.2) is 36.1 Å². The third-order valence-corrected chi connectivity index (χ3v) is 5.45. The second kappa shape index (κ2) is 11.1. The number of hydrogen-bond donors (Lipinski definition) is 1. The molecule has 3 aromatic rings. The molecule has 1 amide bonds. The van der Waals surface area contributed by atoms with Gasteiger partial charge in [-0.15, -0.1) is 0 Å². The summed E-state index contributed by atoms with van der Waals surface area (Å²) < 4.78 is 28.4. The summed E-state index contributed by atoms with van der Waals surface area (Å²) in [6.45, 7) is 3.64. The van der Waals surface area contributed by atoms with Gasteiger partial charge < -0.3 is 14.8 Å². The first-order valence-corrected chi connectivity index (χ1v) is 11.3. The van der Waals surface area contributed by atoms with E-state index in [2.05, 4.69) is 26.3 Å². The van der Waals surface area contributed by atoms with E-state index in [1.54, 1.807) is 12.1 Å². The lowest BCUT2D eigenvalue weighted by Crippen LogP contribution is -2.19. The number of fused-ring (bicyclic) bond motifs is 1. The van der Waals surface area contributed by atoms with E-state index in [1.807, 2.05) is 29.8 Å². The molecule has 0 unspecified atom stereocenters. The van der Waals surface area contributed by atoms with Crippen molar-refractivity contribution in [2.75, 3.05) is 20.3 Å². The van der Waals surface area contributed by atoms with E-state index in [4.69, 9.17) is 9.47 Å². The Morgan fingerprint density at radius 3 is 2.61 bits per heavy atom. The number of halogens is 2. The van der Waals surface area contributed by atoms with Gasteiger partial charge >= 0.3 is 6.09 Å². The molecule has 0 spiro atoms. The maximum atomic E-state index is 14.9. The number of carbonyl (C=O) groups excluding carboxylic acids is 1. The minimum atomic E-state index is -0.406. The Morgan fingerprint density at radius 2 is 1.90 bits per heavy atom. The predicted molar refractivity (Wildman–Crippen MR) is 123 cm³/mol. The number of alkyl carbamates (subject to hydrolysis) is 1. The molecule has 2 aromatic carbocycles. The fourth-order valence-corrected chi connectivity index (χ4v) is 3.70. The van der Waals surface area contributed by atoms with Gasteiger partial charge in [0.2, 0.25) is 0 Å². The second-order valence-corrected chi connectivity index (χ2v) is 8.03. The highest BCUT2D eigenvalue weighted by Crippen LogP contribution is 2.33. The molecule has 0 atom stereocenters. The van der Waals surface area contributed by atoms with Crippen LogP contribution in [0.4, 0.5) is 9.18 Å². The average Bonchev–Trinajstić information content (AvgIpc) is 3.12. The highest BCUT2D eigenvalue weighted by Gasteiger charge is 2.16. The summed E-state index contributed by atoms with van der Waals surface area (Å²) in [4.78, 5) is 10.9. The summed E-state index contributed by atoms with van der Waals surface area (Å²) in [7, 11) is 1.54. The number of rotatable bonds is 10.